The average Bonchev–Trinajstić information content (AvgIpc) is 2.58. The number of carbonyl (C=O) groups excluding carboxylic acids is 3. The molecule has 5 nitrogen and oxygen atoms in total. The van der Waals surface area contributed by atoms with Crippen molar-refractivity contribution in [1.29, 1.82) is 0 Å². The molecule has 11 heteroatoms. The van der Waals surface area contributed by atoms with Crippen molar-refractivity contribution >= 4 is 34.1 Å². The van der Waals surface area contributed by atoms with Crippen LogP contribution in [0.4, 0.5) is 25.1 Å². The predicted octanol–water partition coefficient (Wildman–Crippen LogP) is 4.95. The highest BCUT2D eigenvalue weighted by atomic mass is 32.5. The molecule has 0 unspecified atom stereocenters. The second kappa shape index (κ2) is 6.34. The Kier molecular flexibility index (Phi) is 4.78. The van der Waals surface area contributed by atoms with Crippen LogP contribution in [-0.4, -0.2) is 24.8 Å². The molecular weight excluding hydrogens is 397 g/mol. The first-order valence-corrected chi connectivity index (χ1v) is 9.10. The van der Waals surface area contributed by atoms with Crippen LogP contribution in [0.1, 0.15) is 20.7 Å². The number of amides is 1. The van der Waals surface area contributed by atoms with Gasteiger partial charge in [0, 0.05) is 5.56 Å². The molecule has 1 N–H and O–H groups in total. The maximum atomic E-state index is 13.0. The molecular formula is C16H12F5NO4S. The SMILES string of the molecule is O=Cc1ccc(C(=O)OCC(=O)Nc2ccccc2S(F)(F)(F)(F)F)cc1. The Balaban J connectivity index is 2.07. The van der Waals surface area contributed by atoms with Gasteiger partial charge in [-0.2, -0.15) is 0 Å². The zero-order valence-electron chi connectivity index (χ0n) is 13.3. The lowest BCUT2D eigenvalue weighted by molar-refractivity contribution is -0.119. The van der Waals surface area contributed by atoms with Crippen LogP contribution >= 0.6 is 10.2 Å². The molecule has 0 bridgehead atoms. The fraction of sp³-hybridized carbons (Fsp3) is 0.0625. The number of hydrogen-bond donors (Lipinski definition) is 1. The van der Waals surface area contributed by atoms with Gasteiger partial charge >= 0.3 is 16.2 Å². The molecule has 0 saturated heterocycles. The van der Waals surface area contributed by atoms with E-state index in [0.29, 0.717) is 12.4 Å². The van der Waals surface area contributed by atoms with Gasteiger partial charge in [0.1, 0.15) is 11.2 Å². The first-order chi connectivity index (χ1) is 12.3. The van der Waals surface area contributed by atoms with Crippen molar-refractivity contribution in [3.63, 3.8) is 0 Å². The van der Waals surface area contributed by atoms with E-state index in [0.717, 1.165) is 12.1 Å². The van der Waals surface area contributed by atoms with E-state index >= 15 is 0 Å². The smallest absolute Gasteiger partial charge is 0.338 e. The maximum Gasteiger partial charge on any atom is 0.338 e. The summed E-state index contributed by atoms with van der Waals surface area (Å²) in [4.78, 5) is 31.7. The van der Waals surface area contributed by atoms with Crippen molar-refractivity contribution in [3.05, 3.63) is 59.7 Å². The van der Waals surface area contributed by atoms with Gasteiger partial charge in [-0.15, -0.1) is 0 Å². The number of ether oxygens (including phenoxy) is 1. The molecule has 0 heterocycles. The molecule has 27 heavy (non-hydrogen) atoms. The number of benzene rings is 2. The number of hydrogen-bond acceptors (Lipinski definition) is 4. The molecule has 0 aliphatic heterocycles. The highest BCUT2D eigenvalue weighted by Crippen LogP contribution is 3.02. The summed E-state index contributed by atoms with van der Waals surface area (Å²) < 4.78 is 69.6. The minimum Gasteiger partial charge on any atom is -0.452 e. The summed E-state index contributed by atoms with van der Waals surface area (Å²) in [5, 5.41) is 1.66. The minimum atomic E-state index is -10.0. The summed E-state index contributed by atoms with van der Waals surface area (Å²) in [6, 6.07) is 7.71. The van der Waals surface area contributed by atoms with Gasteiger partial charge in [0.2, 0.25) is 0 Å². The number of halogens is 5. The monoisotopic (exact) mass is 409 g/mol. The van der Waals surface area contributed by atoms with Crippen LogP contribution in [-0.2, 0) is 9.53 Å². The normalized spacial score (nSPS) is 13.8. The summed E-state index contributed by atoms with van der Waals surface area (Å²) in [5.41, 5.74) is -0.870. The molecule has 2 rings (SSSR count). The van der Waals surface area contributed by atoms with Crippen LogP contribution in [0.25, 0.3) is 0 Å². The summed E-state index contributed by atoms with van der Waals surface area (Å²) in [6.45, 7) is -0.997. The zero-order chi connectivity index (χ0) is 20.4. The van der Waals surface area contributed by atoms with Crippen LogP contribution in [0.5, 0.6) is 0 Å². The Hall–Kier alpha value is -2.95. The van der Waals surface area contributed by atoms with Gasteiger partial charge in [-0.3, -0.25) is 9.59 Å². The molecule has 2 aromatic carbocycles. The molecule has 2 aromatic rings. The van der Waals surface area contributed by atoms with Crippen LogP contribution in [0.2, 0.25) is 0 Å². The van der Waals surface area contributed by atoms with E-state index in [2.05, 4.69) is 4.74 Å². The second-order valence-corrected chi connectivity index (χ2v) is 7.71. The lowest BCUT2D eigenvalue weighted by atomic mass is 10.1. The van der Waals surface area contributed by atoms with E-state index in [4.69, 9.17) is 0 Å². The van der Waals surface area contributed by atoms with Crippen molar-refractivity contribution in [1.82, 2.24) is 0 Å². The fourth-order valence-electron chi connectivity index (χ4n) is 2.00. The van der Waals surface area contributed by atoms with E-state index in [1.54, 1.807) is 5.32 Å². The largest absolute Gasteiger partial charge is 0.452 e. The van der Waals surface area contributed by atoms with Crippen molar-refractivity contribution in [2.24, 2.45) is 0 Å². The standard InChI is InChI=1S/C16H12F5NO4S/c17-27(18,19,20,21)14-4-2-1-3-13(14)22-15(24)10-26-16(25)12-7-5-11(9-23)6-8-12/h1-9H,10H2,(H,22,24). The zero-order valence-corrected chi connectivity index (χ0v) is 14.2. The third-order valence-corrected chi connectivity index (χ3v) is 4.38. The van der Waals surface area contributed by atoms with Crippen LogP contribution in [0, 0.1) is 0 Å². The van der Waals surface area contributed by atoms with Crippen LogP contribution in [0.3, 0.4) is 0 Å². The summed E-state index contributed by atoms with van der Waals surface area (Å²) in [5.74, 6) is -2.22. The number of nitrogens with one attached hydrogen (secondary N) is 1. The highest BCUT2D eigenvalue weighted by molar-refractivity contribution is 8.45. The average molecular weight is 409 g/mol. The van der Waals surface area contributed by atoms with Gasteiger partial charge in [-0.25, -0.2) is 4.79 Å². The molecule has 0 fully saturated rings. The van der Waals surface area contributed by atoms with Gasteiger partial charge in [0.05, 0.1) is 11.3 Å². The Morgan fingerprint density at radius 3 is 2.11 bits per heavy atom. The third kappa shape index (κ3) is 5.51. The van der Waals surface area contributed by atoms with Gasteiger partial charge in [-0.05, 0) is 24.3 Å². The number of carbonyl (C=O) groups is 3. The molecule has 146 valence electrons. The Morgan fingerprint density at radius 1 is 0.963 bits per heavy atom. The fourth-order valence-corrected chi connectivity index (χ4v) is 2.88. The quantitative estimate of drug-likeness (QED) is 0.416. The van der Waals surface area contributed by atoms with E-state index < -0.39 is 39.3 Å². The second-order valence-electron chi connectivity index (χ2n) is 5.33. The first-order valence-electron chi connectivity index (χ1n) is 7.15. The Labute approximate surface area is 149 Å². The van der Waals surface area contributed by atoms with Gasteiger partial charge in [-0.1, -0.05) is 43.7 Å². The number of anilines is 1. The van der Waals surface area contributed by atoms with E-state index in [9.17, 15) is 33.8 Å². The molecule has 0 saturated carbocycles. The maximum absolute atomic E-state index is 13.0. The molecule has 0 aliphatic rings. The molecule has 0 aliphatic carbocycles. The summed E-state index contributed by atoms with van der Waals surface area (Å²) in [6.07, 6.45) is 0.540. The van der Waals surface area contributed by atoms with Crippen molar-refractivity contribution < 1.29 is 38.5 Å². The first kappa shape index (κ1) is 20.4. The van der Waals surface area contributed by atoms with Gasteiger partial charge in [0.15, 0.2) is 6.61 Å². The summed E-state index contributed by atoms with van der Waals surface area (Å²) >= 11 is 0. The van der Waals surface area contributed by atoms with Gasteiger partial charge in [0.25, 0.3) is 5.91 Å². The number of para-hydroxylation sites is 1. The number of aldehydes is 1. The predicted molar refractivity (Wildman–Crippen MR) is 88.6 cm³/mol. The summed E-state index contributed by atoms with van der Waals surface area (Å²) in [7, 11) is -10.0. The molecule has 0 radical (unpaired) electrons. The lowest BCUT2D eigenvalue weighted by Crippen LogP contribution is -2.22. The number of esters is 1. The van der Waals surface area contributed by atoms with Crippen molar-refractivity contribution in [3.8, 4) is 0 Å². The lowest BCUT2D eigenvalue weighted by Gasteiger charge is -2.41. The highest BCUT2D eigenvalue weighted by Gasteiger charge is 2.66. The third-order valence-electron chi connectivity index (χ3n) is 3.19. The molecule has 0 spiro atoms. The molecule has 0 aromatic heterocycles. The van der Waals surface area contributed by atoms with E-state index in [1.807, 2.05) is 0 Å². The van der Waals surface area contributed by atoms with Gasteiger partial charge < -0.3 is 10.1 Å². The Bertz CT molecular complexity index is 898. The van der Waals surface area contributed by atoms with Crippen LogP contribution < -0.4 is 5.32 Å². The van der Waals surface area contributed by atoms with Crippen molar-refractivity contribution in [2.45, 2.75) is 4.90 Å². The van der Waals surface area contributed by atoms with Crippen molar-refractivity contribution in [2.75, 3.05) is 11.9 Å². The van der Waals surface area contributed by atoms with E-state index in [-0.39, 0.29) is 17.2 Å². The minimum absolute atomic E-state index is 0.0131. The Morgan fingerprint density at radius 2 is 1.56 bits per heavy atom. The number of rotatable bonds is 6. The van der Waals surface area contributed by atoms with E-state index in [1.165, 1.54) is 24.3 Å². The van der Waals surface area contributed by atoms with Crippen LogP contribution in [0.15, 0.2) is 53.4 Å². The topological polar surface area (TPSA) is 72.5 Å². The molecule has 1 amide bonds. The molecule has 0 atom stereocenters.